The summed E-state index contributed by atoms with van der Waals surface area (Å²) in [5, 5.41) is 9.94. The summed E-state index contributed by atoms with van der Waals surface area (Å²) in [7, 11) is 1.44. The minimum Gasteiger partial charge on any atom is -0.494 e. The average molecular weight is 444 g/mol. The van der Waals surface area contributed by atoms with Crippen LogP contribution < -0.4 is 26.4 Å². The molecule has 0 aliphatic heterocycles. The van der Waals surface area contributed by atoms with Crippen LogP contribution >= 0.6 is 0 Å². The molecule has 0 radical (unpaired) electrons. The van der Waals surface area contributed by atoms with E-state index in [-0.39, 0.29) is 11.8 Å². The Morgan fingerprint density at radius 2 is 1.72 bits per heavy atom. The summed E-state index contributed by atoms with van der Waals surface area (Å²) in [6.07, 6.45) is 10.5. The molecule has 9 heteroatoms. The van der Waals surface area contributed by atoms with Crippen LogP contribution in [0, 0.1) is 11.7 Å². The third-order valence-corrected chi connectivity index (χ3v) is 6.47. The van der Waals surface area contributed by atoms with Crippen molar-refractivity contribution in [2.45, 2.75) is 69.9 Å². The van der Waals surface area contributed by atoms with E-state index >= 15 is 0 Å². The van der Waals surface area contributed by atoms with Gasteiger partial charge in [0.15, 0.2) is 11.6 Å². The van der Waals surface area contributed by atoms with Gasteiger partial charge in [-0.1, -0.05) is 32.1 Å². The van der Waals surface area contributed by atoms with Crippen molar-refractivity contribution >= 4 is 23.5 Å². The summed E-state index contributed by atoms with van der Waals surface area (Å²) in [4.78, 5) is 13.7. The number of benzene rings is 1. The number of hydrogen-bond acceptors (Lipinski definition) is 8. The quantitative estimate of drug-likeness (QED) is 0.443. The predicted molar refractivity (Wildman–Crippen MR) is 125 cm³/mol. The molecule has 0 spiro atoms. The van der Waals surface area contributed by atoms with Crippen LogP contribution in [0.25, 0.3) is 0 Å². The van der Waals surface area contributed by atoms with Gasteiger partial charge in [-0.2, -0.15) is 15.0 Å². The Bertz CT molecular complexity index is 889. The second-order valence-corrected chi connectivity index (χ2v) is 8.85. The molecule has 4 rings (SSSR count). The van der Waals surface area contributed by atoms with Gasteiger partial charge in [-0.3, -0.25) is 0 Å². The van der Waals surface area contributed by atoms with Crippen molar-refractivity contribution in [3.8, 4) is 5.75 Å². The first-order valence-corrected chi connectivity index (χ1v) is 11.7. The minimum absolute atomic E-state index is 0.192. The van der Waals surface area contributed by atoms with E-state index in [0.29, 0.717) is 35.5 Å². The van der Waals surface area contributed by atoms with Crippen LogP contribution in [0.15, 0.2) is 18.2 Å². The molecule has 2 aliphatic carbocycles. The first kappa shape index (κ1) is 22.5. The fourth-order valence-corrected chi connectivity index (χ4v) is 4.60. The fourth-order valence-electron chi connectivity index (χ4n) is 4.60. The van der Waals surface area contributed by atoms with Gasteiger partial charge in [-0.25, -0.2) is 4.39 Å². The van der Waals surface area contributed by atoms with Gasteiger partial charge in [-0.15, -0.1) is 0 Å². The number of nitrogens with zero attached hydrogens (tertiary/aromatic N) is 3. The van der Waals surface area contributed by atoms with E-state index in [9.17, 15) is 4.39 Å². The van der Waals surface area contributed by atoms with Gasteiger partial charge in [0.25, 0.3) is 0 Å². The number of nitrogens with two attached hydrogens (primary N) is 1. The van der Waals surface area contributed by atoms with Crippen LogP contribution in [0.1, 0.15) is 57.8 Å². The second kappa shape index (κ2) is 10.8. The lowest BCUT2D eigenvalue weighted by atomic mass is 10.1. The Balaban J connectivity index is 1.52. The van der Waals surface area contributed by atoms with Gasteiger partial charge < -0.3 is 26.4 Å². The molecule has 2 fully saturated rings. The lowest BCUT2D eigenvalue weighted by Gasteiger charge is -2.19. The maximum atomic E-state index is 14.1. The SMILES string of the molecule is COc1ccc(Nc2nc(NCC3CCCC3N)nc(NC3CCCCCC3)n2)cc1F. The predicted octanol–water partition coefficient (Wildman–Crippen LogP) is 4.44. The number of ether oxygens (including phenoxy) is 1. The molecule has 2 aliphatic rings. The number of rotatable bonds is 8. The van der Waals surface area contributed by atoms with Crippen molar-refractivity contribution in [1.82, 2.24) is 15.0 Å². The zero-order valence-corrected chi connectivity index (χ0v) is 18.7. The highest BCUT2D eigenvalue weighted by Crippen LogP contribution is 2.26. The Labute approximate surface area is 189 Å². The van der Waals surface area contributed by atoms with Crippen molar-refractivity contribution in [1.29, 1.82) is 0 Å². The van der Waals surface area contributed by atoms with Gasteiger partial charge in [0.1, 0.15) is 0 Å². The van der Waals surface area contributed by atoms with Gasteiger partial charge >= 0.3 is 0 Å². The lowest BCUT2D eigenvalue weighted by Crippen LogP contribution is -2.30. The maximum absolute atomic E-state index is 14.1. The van der Waals surface area contributed by atoms with Crippen LogP contribution in [0.2, 0.25) is 0 Å². The Morgan fingerprint density at radius 1 is 0.969 bits per heavy atom. The molecule has 1 aromatic heterocycles. The van der Waals surface area contributed by atoms with Crippen LogP contribution in [0.5, 0.6) is 5.75 Å². The van der Waals surface area contributed by atoms with Crippen molar-refractivity contribution in [2.24, 2.45) is 11.7 Å². The molecule has 0 bridgehead atoms. The van der Waals surface area contributed by atoms with E-state index in [2.05, 4.69) is 30.9 Å². The largest absolute Gasteiger partial charge is 0.494 e. The zero-order chi connectivity index (χ0) is 22.3. The summed E-state index contributed by atoms with van der Waals surface area (Å²) in [6.45, 7) is 0.727. The third kappa shape index (κ3) is 5.97. The Morgan fingerprint density at radius 3 is 2.41 bits per heavy atom. The summed E-state index contributed by atoms with van der Waals surface area (Å²) >= 11 is 0. The number of aromatic nitrogens is 3. The molecule has 1 heterocycles. The molecule has 2 atom stereocenters. The number of nitrogens with one attached hydrogen (secondary N) is 3. The number of halogens is 1. The van der Waals surface area contributed by atoms with E-state index in [0.717, 1.165) is 38.6 Å². The smallest absolute Gasteiger partial charge is 0.233 e. The normalized spacial score (nSPS) is 21.7. The Kier molecular flexibility index (Phi) is 7.57. The van der Waals surface area contributed by atoms with Crippen molar-refractivity contribution in [3.05, 3.63) is 24.0 Å². The molecule has 1 aromatic carbocycles. The van der Waals surface area contributed by atoms with Gasteiger partial charge in [0, 0.05) is 30.4 Å². The molecule has 2 unspecified atom stereocenters. The van der Waals surface area contributed by atoms with Gasteiger partial charge in [-0.05, 0) is 43.7 Å². The van der Waals surface area contributed by atoms with Gasteiger partial charge in [0.2, 0.25) is 17.8 Å². The highest BCUT2D eigenvalue weighted by Gasteiger charge is 2.24. The average Bonchev–Trinajstić information content (AvgIpc) is 3.01. The first-order valence-electron chi connectivity index (χ1n) is 11.7. The number of anilines is 4. The third-order valence-electron chi connectivity index (χ3n) is 6.47. The lowest BCUT2D eigenvalue weighted by molar-refractivity contribution is 0.386. The maximum Gasteiger partial charge on any atom is 0.233 e. The summed E-state index contributed by atoms with van der Waals surface area (Å²) in [5.74, 6) is 1.54. The van der Waals surface area contributed by atoms with E-state index in [1.807, 2.05) is 0 Å². The van der Waals surface area contributed by atoms with Gasteiger partial charge in [0.05, 0.1) is 7.11 Å². The van der Waals surface area contributed by atoms with Crippen LogP contribution in [0.3, 0.4) is 0 Å². The van der Waals surface area contributed by atoms with E-state index < -0.39 is 5.82 Å². The van der Waals surface area contributed by atoms with Crippen molar-refractivity contribution in [3.63, 3.8) is 0 Å². The molecule has 0 saturated heterocycles. The molecule has 0 amide bonds. The summed E-state index contributed by atoms with van der Waals surface area (Å²) in [6, 6.07) is 5.24. The molecule has 5 N–H and O–H groups in total. The van der Waals surface area contributed by atoms with Crippen molar-refractivity contribution in [2.75, 3.05) is 29.6 Å². The summed E-state index contributed by atoms with van der Waals surface area (Å²) in [5.41, 5.74) is 6.76. The molecular weight excluding hydrogens is 409 g/mol. The fraction of sp³-hybridized carbons (Fsp3) is 0.609. The second-order valence-electron chi connectivity index (χ2n) is 8.85. The number of methoxy groups -OCH3 is 1. The highest BCUT2D eigenvalue weighted by molar-refractivity contribution is 5.57. The first-order chi connectivity index (χ1) is 15.6. The monoisotopic (exact) mass is 443 g/mol. The zero-order valence-electron chi connectivity index (χ0n) is 18.7. The van der Waals surface area contributed by atoms with E-state index in [1.165, 1.54) is 38.9 Å². The van der Waals surface area contributed by atoms with Crippen LogP contribution in [-0.4, -0.2) is 40.7 Å². The Hall–Kier alpha value is -2.68. The van der Waals surface area contributed by atoms with Crippen LogP contribution in [0.4, 0.5) is 27.9 Å². The standard InChI is InChI=1S/C23H34FN7O/c1-32-20-12-11-17(13-18(20)24)28-23-30-21(26-14-15-7-6-10-19(15)25)29-22(31-23)27-16-8-4-2-3-5-9-16/h11-13,15-16,19H,2-10,14,25H2,1H3,(H3,26,27,28,29,30,31). The molecular formula is C23H34FN7O. The minimum atomic E-state index is -0.447. The topological polar surface area (TPSA) is 110 Å². The van der Waals surface area contributed by atoms with Crippen molar-refractivity contribution < 1.29 is 9.13 Å². The molecule has 2 saturated carbocycles. The molecule has 32 heavy (non-hydrogen) atoms. The van der Waals surface area contributed by atoms with E-state index in [4.69, 9.17) is 10.5 Å². The highest BCUT2D eigenvalue weighted by atomic mass is 19.1. The number of hydrogen-bond donors (Lipinski definition) is 4. The molecule has 2 aromatic rings. The molecule has 174 valence electrons. The van der Waals surface area contributed by atoms with E-state index in [1.54, 1.807) is 12.1 Å². The molecule has 8 nitrogen and oxygen atoms in total. The van der Waals surface area contributed by atoms with Crippen LogP contribution in [-0.2, 0) is 0 Å². The summed E-state index contributed by atoms with van der Waals surface area (Å²) < 4.78 is 19.1.